The zero-order valence-corrected chi connectivity index (χ0v) is 21.5. The lowest BCUT2D eigenvalue weighted by Crippen LogP contribution is -2.61. The Balaban J connectivity index is 2.34. The van der Waals surface area contributed by atoms with Gasteiger partial charge in [-0.1, -0.05) is 115 Å². The van der Waals surface area contributed by atoms with Crippen molar-refractivity contribution in [3.63, 3.8) is 0 Å². The first-order valence-corrected chi connectivity index (χ1v) is 14.0. The standard InChI is InChI=1S/C28H39NOSi/c1-19(2)31(20(3)4,21(5)6)26-22(7)23(8)28(29-27(26)30,24-15-11-9-12-16-24)25-17-13-10-14-18-25/h9-21,23H,1-8H3,(H,29,30). The molecule has 1 heterocycles. The van der Waals surface area contributed by atoms with Gasteiger partial charge in [-0.25, -0.2) is 0 Å². The highest BCUT2D eigenvalue weighted by Crippen LogP contribution is 2.52. The molecule has 1 amide bonds. The van der Waals surface area contributed by atoms with Crippen molar-refractivity contribution in [1.82, 2.24) is 5.32 Å². The van der Waals surface area contributed by atoms with Crippen LogP contribution in [0.3, 0.4) is 0 Å². The smallest absolute Gasteiger partial charge is 0.244 e. The summed E-state index contributed by atoms with van der Waals surface area (Å²) >= 11 is 0. The fourth-order valence-electron chi connectivity index (χ4n) is 6.69. The molecule has 0 saturated heterocycles. The Bertz CT molecular complexity index is 882. The minimum Gasteiger partial charge on any atom is -0.338 e. The summed E-state index contributed by atoms with van der Waals surface area (Å²) in [7, 11) is -2.09. The summed E-state index contributed by atoms with van der Waals surface area (Å²) < 4.78 is 0. The topological polar surface area (TPSA) is 29.1 Å². The maximum atomic E-state index is 14.1. The van der Waals surface area contributed by atoms with Crippen LogP contribution in [-0.2, 0) is 10.3 Å². The second-order valence-electron chi connectivity index (χ2n) is 10.2. The summed E-state index contributed by atoms with van der Waals surface area (Å²) in [5.74, 6) is 0.305. The van der Waals surface area contributed by atoms with Gasteiger partial charge in [-0.15, -0.1) is 0 Å². The fraction of sp³-hybridized carbons (Fsp3) is 0.464. The normalized spacial score (nSPS) is 19.3. The van der Waals surface area contributed by atoms with Gasteiger partial charge >= 0.3 is 0 Å². The molecule has 1 atom stereocenters. The first kappa shape index (κ1) is 23.5. The fourth-order valence-corrected chi connectivity index (χ4v) is 13.8. The highest BCUT2D eigenvalue weighted by molar-refractivity contribution is 6.93. The molecular formula is C28H39NOSi. The van der Waals surface area contributed by atoms with Gasteiger partial charge in [0, 0.05) is 11.1 Å². The van der Waals surface area contributed by atoms with Gasteiger partial charge in [0.05, 0.1) is 5.54 Å². The average Bonchev–Trinajstić information content (AvgIpc) is 2.74. The van der Waals surface area contributed by atoms with E-state index in [1.54, 1.807) is 0 Å². The van der Waals surface area contributed by atoms with E-state index in [0.717, 1.165) is 16.3 Å². The third-order valence-electron chi connectivity index (χ3n) is 7.99. The summed E-state index contributed by atoms with van der Waals surface area (Å²) in [6.07, 6.45) is 0. The molecule has 0 saturated carbocycles. The molecule has 0 bridgehead atoms. The molecule has 3 rings (SSSR count). The van der Waals surface area contributed by atoms with Crippen LogP contribution in [-0.4, -0.2) is 14.0 Å². The van der Waals surface area contributed by atoms with Crippen molar-refractivity contribution in [3.8, 4) is 0 Å². The van der Waals surface area contributed by atoms with Crippen molar-refractivity contribution in [1.29, 1.82) is 0 Å². The van der Waals surface area contributed by atoms with Crippen molar-refractivity contribution in [2.24, 2.45) is 5.92 Å². The first-order chi connectivity index (χ1) is 14.6. The Morgan fingerprint density at radius 3 is 1.52 bits per heavy atom. The molecule has 0 aliphatic carbocycles. The minimum absolute atomic E-state index is 0.145. The highest BCUT2D eigenvalue weighted by atomic mass is 28.3. The Labute approximate surface area is 190 Å². The van der Waals surface area contributed by atoms with E-state index >= 15 is 0 Å². The number of rotatable bonds is 6. The lowest BCUT2D eigenvalue weighted by molar-refractivity contribution is -0.119. The molecule has 1 unspecified atom stereocenters. The maximum Gasteiger partial charge on any atom is 0.244 e. The van der Waals surface area contributed by atoms with Gasteiger partial charge in [0.25, 0.3) is 0 Å². The molecule has 0 spiro atoms. The summed E-state index contributed by atoms with van der Waals surface area (Å²) in [4.78, 5) is 14.1. The van der Waals surface area contributed by atoms with Gasteiger partial charge in [-0.2, -0.15) is 0 Å². The van der Waals surface area contributed by atoms with Crippen molar-refractivity contribution in [3.05, 3.63) is 82.6 Å². The van der Waals surface area contributed by atoms with Crippen LogP contribution in [0.15, 0.2) is 71.4 Å². The van der Waals surface area contributed by atoms with Gasteiger partial charge in [0.15, 0.2) is 0 Å². The summed E-state index contributed by atoms with van der Waals surface area (Å²) in [5, 5.41) is 4.74. The molecule has 166 valence electrons. The second kappa shape index (κ2) is 8.78. The van der Waals surface area contributed by atoms with Crippen LogP contribution in [0.4, 0.5) is 0 Å². The molecule has 1 aliphatic heterocycles. The Kier molecular flexibility index (Phi) is 6.66. The van der Waals surface area contributed by atoms with Crippen LogP contribution < -0.4 is 5.32 Å². The molecule has 3 heteroatoms. The molecule has 1 aliphatic rings. The summed E-state index contributed by atoms with van der Waals surface area (Å²) in [6, 6.07) is 21.0. The SMILES string of the molecule is CC1=C([Si](C(C)C)(C(C)C)C(C)C)C(=O)NC(c2ccccc2)(c2ccccc2)C1C. The monoisotopic (exact) mass is 433 g/mol. The summed E-state index contributed by atoms with van der Waals surface area (Å²) in [5.41, 5.74) is 4.50. The minimum atomic E-state index is -2.09. The number of amides is 1. The Hall–Kier alpha value is -2.13. The van der Waals surface area contributed by atoms with Crippen LogP contribution in [0.5, 0.6) is 0 Å². The number of carbonyl (C=O) groups is 1. The zero-order chi connectivity index (χ0) is 23.0. The van der Waals surface area contributed by atoms with Gasteiger partial charge in [-0.05, 0) is 34.7 Å². The quantitative estimate of drug-likeness (QED) is 0.478. The van der Waals surface area contributed by atoms with Gasteiger partial charge in [-0.3, -0.25) is 4.79 Å². The predicted molar refractivity (Wildman–Crippen MR) is 135 cm³/mol. The average molecular weight is 434 g/mol. The van der Waals surface area contributed by atoms with Gasteiger partial charge in [0.2, 0.25) is 5.91 Å². The van der Waals surface area contributed by atoms with E-state index in [9.17, 15) is 4.79 Å². The summed E-state index contributed by atoms with van der Waals surface area (Å²) in [6.45, 7) is 18.5. The number of benzene rings is 2. The van der Waals surface area contributed by atoms with Crippen LogP contribution >= 0.6 is 0 Å². The van der Waals surface area contributed by atoms with Crippen LogP contribution in [0, 0.1) is 5.92 Å². The lowest BCUT2D eigenvalue weighted by Gasteiger charge is -2.52. The van der Waals surface area contributed by atoms with E-state index in [1.807, 2.05) is 12.1 Å². The molecule has 2 aromatic carbocycles. The predicted octanol–water partition coefficient (Wildman–Crippen LogP) is 7.23. The van der Waals surface area contributed by atoms with E-state index in [1.165, 1.54) is 5.57 Å². The molecular weight excluding hydrogens is 394 g/mol. The largest absolute Gasteiger partial charge is 0.338 e. The zero-order valence-electron chi connectivity index (χ0n) is 20.5. The molecule has 0 radical (unpaired) electrons. The molecule has 0 fully saturated rings. The van der Waals surface area contributed by atoms with E-state index in [0.29, 0.717) is 16.6 Å². The van der Waals surface area contributed by atoms with Crippen LogP contribution in [0.2, 0.25) is 16.6 Å². The van der Waals surface area contributed by atoms with Gasteiger partial charge < -0.3 is 5.32 Å². The number of carbonyl (C=O) groups excluding carboxylic acids is 1. The molecule has 1 N–H and O–H groups in total. The Morgan fingerprint density at radius 1 is 0.774 bits per heavy atom. The van der Waals surface area contributed by atoms with Crippen LogP contribution in [0.25, 0.3) is 0 Å². The van der Waals surface area contributed by atoms with Gasteiger partial charge in [0.1, 0.15) is 8.07 Å². The van der Waals surface area contributed by atoms with Crippen molar-refractivity contribution in [2.75, 3.05) is 0 Å². The third-order valence-corrected chi connectivity index (χ3v) is 15.2. The van der Waals surface area contributed by atoms with Crippen LogP contribution in [0.1, 0.15) is 66.5 Å². The number of nitrogens with one attached hydrogen (secondary N) is 1. The third kappa shape index (κ3) is 3.51. The molecule has 0 aromatic heterocycles. The lowest BCUT2D eigenvalue weighted by atomic mass is 9.69. The van der Waals surface area contributed by atoms with E-state index in [-0.39, 0.29) is 11.8 Å². The maximum absolute atomic E-state index is 14.1. The highest BCUT2D eigenvalue weighted by Gasteiger charge is 2.55. The van der Waals surface area contributed by atoms with Crippen molar-refractivity contribution in [2.45, 2.75) is 77.6 Å². The molecule has 2 aromatic rings. The van der Waals surface area contributed by atoms with E-state index in [4.69, 9.17) is 0 Å². The Morgan fingerprint density at radius 2 is 1.16 bits per heavy atom. The number of hydrogen-bond donors (Lipinski definition) is 1. The van der Waals surface area contributed by atoms with Crippen molar-refractivity contribution < 1.29 is 4.79 Å². The van der Waals surface area contributed by atoms with E-state index in [2.05, 4.69) is 109 Å². The molecule has 31 heavy (non-hydrogen) atoms. The molecule has 2 nitrogen and oxygen atoms in total. The van der Waals surface area contributed by atoms with Crippen molar-refractivity contribution >= 4 is 14.0 Å². The van der Waals surface area contributed by atoms with E-state index < -0.39 is 13.6 Å². The number of hydrogen-bond acceptors (Lipinski definition) is 1. The first-order valence-electron chi connectivity index (χ1n) is 11.8. The second-order valence-corrected chi connectivity index (χ2v) is 16.0.